The maximum Gasteiger partial charge on any atom is 0.426 e. The monoisotopic (exact) mass is 394 g/mol. The van der Waals surface area contributed by atoms with Gasteiger partial charge in [-0.1, -0.05) is 91.0 Å². The van der Waals surface area contributed by atoms with Crippen LogP contribution < -0.4 is 10.9 Å². The fourth-order valence-electron chi connectivity index (χ4n) is 4.07. The summed E-state index contributed by atoms with van der Waals surface area (Å²) in [5.41, 5.74) is 3.26. The van der Waals surface area contributed by atoms with E-state index >= 15 is 0 Å². The van der Waals surface area contributed by atoms with E-state index in [0.717, 1.165) is 16.5 Å². The molecule has 0 aromatic heterocycles. The number of carbonyl (C=O) groups is 2. The molecule has 0 radical (unpaired) electrons. The lowest BCUT2D eigenvalue weighted by Crippen LogP contribution is -2.45. The fraction of sp³-hybridized carbons (Fsp3) is 0.154. The first-order valence-electron chi connectivity index (χ1n) is 10.2. The van der Waals surface area contributed by atoms with E-state index in [4.69, 9.17) is 4.65 Å². The zero-order valence-corrected chi connectivity index (χ0v) is 17.0. The molecule has 0 N–H and O–H groups in total. The van der Waals surface area contributed by atoms with Crippen molar-refractivity contribution in [1.82, 2.24) is 0 Å². The maximum absolute atomic E-state index is 12.9. The number of benzene rings is 3. The van der Waals surface area contributed by atoms with Gasteiger partial charge in [0.25, 0.3) is 0 Å². The third-order valence-corrected chi connectivity index (χ3v) is 5.51. The van der Waals surface area contributed by atoms with Crippen LogP contribution in [0.5, 0.6) is 0 Å². The first-order valence-corrected chi connectivity index (χ1v) is 10.2. The molecule has 1 aliphatic carbocycles. The van der Waals surface area contributed by atoms with Gasteiger partial charge in [0.05, 0.1) is 11.3 Å². The van der Waals surface area contributed by atoms with Crippen molar-refractivity contribution < 1.29 is 14.2 Å². The van der Waals surface area contributed by atoms with Gasteiger partial charge < -0.3 is 4.65 Å². The summed E-state index contributed by atoms with van der Waals surface area (Å²) < 4.78 is 6.50. The van der Waals surface area contributed by atoms with Crippen molar-refractivity contribution in [3.05, 3.63) is 108 Å². The van der Waals surface area contributed by atoms with Gasteiger partial charge in [-0.3, -0.25) is 9.59 Å². The number of allylic oxidation sites excluding steroid dienone is 2. The van der Waals surface area contributed by atoms with Crippen molar-refractivity contribution in [2.24, 2.45) is 0 Å². The minimum Gasteiger partial charge on any atom is -0.554 e. The molecular weight excluding hydrogens is 371 g/mol. The molecule has 30 heavy (non-hydrogen) atoms. The van der Waals surface area contributed by atoms with Crippen molar-refractivity contribution >= 4 is 29.4 Å². The van der Waals surface area contributed by atoms with E-state index in [2.05, 4.69) is 0 Å². The van der Waals surface area contributed by atoms with Crippen LogP contribution in [0.2, 0.25) is 0 Å². The molecule has 1 atom stereocenters. The van der Waals surface area contributed by atoms with Gasteiger partial charge in [-0.2, -0.15) is 0 Å². The Kier molecular flexibility index (Phi) is 5.94. The molecule has 3 nitrogen and oxygen atoms in total. The van der Waals surface area contributed by atoms with Crippen LogP contribution in [-0.4, -0.2) is 18.5 Å². The van der Waals surface area contributed by atoms with E-state index in [1.54, 1.807) is 0 Å². The van der Waals surface area contributed by atoms with Crippen molar-refractivity contribution in [3.8, 4) is 0 Å². The lowest BCUT2D eigenvalue weighted by atomic mass is 9.55. The molecule has 4 heteroatoms. The Morgan fingerprint density at radius 1 is 0.800 bits per heavy atom. The van der Waals surface area contributed by atoms with Crippen LogP contribution in [0.1, 0.15) is 31.2 Å². The average molecular weight is 394 g/mol. The number of Topliss-reactive ketones (excluding diaryl/α,β-unsaturated/α-hetero) is 2. The van der Waals surface area contributed by atoms with Crippen molar-refractivity contribution in [2.45, 2.75) is 25.7 Å². The van der Waals surface area contributed by atoms with Crippen LogP contribution in [0.15, 0.2) is 102 Å². The number of hydrogen-bond acceptors (Lipinski definition) is 3. The number of hydrogen-bond donors (Lipinski definition) is 0. The van der Waals surface area contributed by atoms with Gasteiger partial charge >= 0.3 is 6.92 Å². The molecule has 0 amide bonds. The zero-order valence-electron chi connectivity index (χ0n) is 17.0. The standard InChI is InChI=1S/C26H23BO3/c1-19(28)26-24(29)17-21(20-11-5-2-6-12-20)18-25(26)30-27(22-13-7-3-8-14-22)23-15-9-4-10-16-23/h2-16,21H,17-18H2,1H3. The predicted octanol–water partition coefficient (Wildman–Crippen LogP) is 3.80. The molecule has 0 spiro atoms. The van der Waals surface area contributed by atoms with E-state index in [9.17, 15) is 9.59 Å². The largest absolute Gasteiger partial charge is 0.554 e. The van der Waals surface area contributed by atoms with Crippen molar-refractivity contribution in [3.63, 3.8) is 0 Å². The Hall–Kier alpha value is -3.40. The van der Waals surface area contributed by atoms with Gasteiger partial charge in [0, 0.05) is 12.8 Å². The van der Waals surface area contributed by atoms with Crippen molar-refractivity contribution in [1.29, 1.82) is 0 Å². The minimum absolute atomic E-state index is 0.00370. The molecule has 0 saturated heterocycles. The molecule has 148 valence electrons. The molecule has 4 rings (SSSR count). The Labute approximate surface area is 177 Å². The fourth-order valence-corrected chi connectivity index (χ4v) is 4.07. The molecule has 0 bridgehead atoms. The topological polar surface area (TPSA) is 43.4 Å². The molecule has 0 saturated carbocycles. The van der Waals surface area contributed by atoms with Gasteiger partial charge in [-0.05, 0) is 29.3 Å². The van der Waals surface area contributed by atoms with E-state index in [0.29, 0.717) is 18.6 Å². The van der Waals surface area contributed by atoms with Gasteiger partial charge in [-0.15, -0.1) is 0 Å². The van der Waals surface area contributed by atoms with Crippen molar-refractivity contribution in [2.75, 3.05) is 0 Å². The summed E-state index contributed by atoms with van der Waals surface area (Å²) in [6, 6.07) is 29.8. The van der Waals surface area contributed by atoms with E-state index < -0.39 is 0 Å². The second-order valence-electron chi connectivity index (χ2n) is 7.61. The third-order valence-electron chi connectivity index (χ3n) is 5.51. The second kappa shape index (κ2) is 8.96. The third kappa shape index (κ3) is 4.28. The van der Waals surface area contributed by atoms with Gasteiger partial charge in [0.15, 0.2) is 11.6 Å². The van der Waals surface area contributed by atoms with Crippen LogP contribution >= 0.6 is 0 Å². The highest BCUT2D eigenvalue weighted by atomic mass is 16.4. The molecule has 0 aliphatic heterocycles. The summed E-state index contributed by atoms with van der Waals surface area (Å²) in [6.07, 6.45) is 0.855. The smallest absolute Gasteiger partial charge is 0.426 e. The van der Waals surface area contributed by atoms with Crippen LogP contribution in [0.3, 0.4) is 0 Å². The zero-order chi connectivity index (χ0) is 20.9. The van der Waals surface area contributed by atoms with Crippen LogP contribution in [0, 0.1) is 0 Å². The summed E-state index contributed by atoms with van der Waals surface area (Å²) in [7, 11) is 0. The number of ketones is 2. The highest BCUT2D eigenvalue weighted by Gasteiger charge is 2.34. The normalized spacial score (nSPS) is 16.3. The molecule has 1 aliphatic rings. The summed E-state index contributed by atoms with van der Waals surface area (Å²) >= 11 is 0. The second-order valence-corrected chi connectivity index (χ2v) is 7.61. The predicted molar refractivity (Wildman–Crippen MR) is 120 cm³/mol. The molecule has 0 heterocycles. The lowest BCUT2D eigenvalue weighted by molar-refractivity contribution is -0.121. The molecule has 3 aromatic rings. The molecule has 0 fully saturated rings. The quantitative estimate of drug-likeness (QED) is 0.472. The highest BCUT2D eigenvalue weighted by Crippen LogP contribution is 2.35. The number of carbonyl (C=O) groups excluding carboxylic acids is 2. The lowest BCUT2D eigenvalue weighted by Gasteiger charge is -2.28. The van der Waals surface area contributed by atoms with Crippen LogP contribution in [0.25, 0.3) is 0 Å². The van der Waals surface area contributed by atoms with Crippen LogP contribution in [0.4, 0.5) is 0 Å². The first kappa shape index (κ1) is 19.9. The first-order chi connectivity index (χ1) is 14.6. The van der Waals surface area contributed by atoms with Crippen LogP contribution in [-0.2, 0) is 14.2 Å². The van der Waals surface area contributed by atoms with Gasteiger partial charge in [0.1, 0.15) is 0 Å². The average Bonchev–Trinajstić information content (AvgIpc) is 2.78. The Morgan fingerprint density at radius 3 is 1.80 bits per heavy atom. The summed E-state index contributed by atoms with van der Waals surface area (Å²) in [5.74, 6) is 0.119. The Morgan fingerprint density at radius 2 is 1.30 bits per heavy atom. The Balaban J connectivity index is 1.74. The van der Waals surface area contributed by atoms with E-state index in [1.807, 2.05) is 91.0 Å². The van der Waals surface area contributed by atoms with E-state index in [-0.39, 0.29) is 30.0 Å². The minimum atomic E-state index is -0.390. The molecule has 1 unspecified atom stereocenters. The SMILES string of the molecule is CC(=O)C1=C(OB(c2ccccc2)c2ccccc2)CC(c2ccccc2)CC1=O. The summed E-state index contributed by atoms with van der Waals surface area (Å²) in [6.45, 7) is 1.05. The summed E-state index contributed by atoms with van der Waals surface area (Å²) in [4.78, 5) is 25.3. The molecule has 3 aromatic carbocycles. The molecular formula is C26H23BO3. The van der Waals surface area contributed by atoms with E-state index in [1.165, 1.54) is 6.92 Å². The number of rotatable bonds is 6. The maximum atomic E-state index is 12.9. The summed E-state index contributed by atoms with van der Waals surface area (Å²) in [5, 5.41) is 0. The van der Waals surface area contributed by atoms with Gasteiger partial charge in [-0.25, -0.2) is 0 Å². The Bertz CT molecular complexity index is 1020. The highest BCUT2D eigenvalue weighted by molar-refractivity contribution is 6.80. The van der Waals surface area contributed by atoms with Gasteiger partial charge in [0.2, 0.25) is 0 Å².